The van der Waals surface area contributed by atoms with Crippen molar-refractivity contribution in [3.8, 4) is 0 Å². The zero-order chi connectivity index (χ0) is 24.7. The third kappa shape index (κ3) is 3.79. The van der Waals surface area contributed by atoms with Crippen LogP contribution >= 0.6 is 0 Å². The lowest BCUT2D eigenvalue weighted by atomic mass is 9.79. The second kappa shape index (κ2) is 9.14. The lowest BCUT2D eigenvalue weighted by molar-refractivity contribution is -0.135. The maximum atomic E-state index is 13.9. The van der Waals surface area contributed by atoms with Crippen LogP contribution < -0.4 is 4.90 Å². The van der Waals surface area contributed by atoms with E-state index in [1.807, 2.05) is 6.20 Å². The number of amides is 1. The first kappa shape index (κ1) is 22.9. The third-order valence-corrected chi connectivity index (χ3v) is 8.47. The van der Waals surface area contributed by atoms with Crippen LogP contribution in [0.3, 0.4) is 0 Å². The molecule has 1 aromatic heterocycles. The number of rotatable bonds is 5. The van der Waals surface area contributed by atoms with Crippen molar-refractivity contribution in [2.24, 2.45) is 0 Å². The molecule has 1 fully saturated rings. The lowest BCUT2D eigenvalue weighted by Gasteiger charge is -2.47. The minimum atomic E-state index is -0.116. The van der Waals surface area contributed by atoms with Crippen molar-refractivity contribution in [1.29, 1.82) is 0 Å². The Morgan fingerprint density at radius 3 is 2.47 bits per heavy atom. The van der Waals surface area contributed by atoms with Crippen LogP contribution in [0.4, 0.5) is 5.69 Å². The van der Waals surface area contributed by atoms with E-state index in [1.54, 1.807) is 0 Å². The summed E-state index contributed by atoms with van der Waals surface area (Å²) in [6.45, 7) is 3.10. The summed E-state index contributed by atoms with van der Waals surface area (Å²) in [6, 6.07) is 27.8. The molecule has 0 aliphatic carbocycles. The number of anilines is 1. The third-order valence-electron chi connectivity index (χ3n) is 8.47. The number of hydrogen-bond donors (Lipinski definition) is 1. The highest BCUT2D eigenvalue weighted by atomic mass is 16.2. The maximum absolute atomic E-state index is 13.9. The molecule has 2 aliphatic heterocycles. The van der Waals surface area contributed by atoms with E-state index in [4.69, 9.17) is 0 Å². The number of fused-ring (bicyclic) bond motifs is 2. The van der Waals surface area contributed by atoms with E-state index in [0.717, 1.165) is 50.1 Å². The molecule has 5 nitrogen and oxygen atoms in total. The number of nitrogens with one attached hydrogen (secondary N) is 1. The molecule has 184 valence electrons. The fourth-order valence-corrected chi connectivity index (χ4v) is 6.40. The number of H-pyrrole nitrogens is 1. The van der Waals surface area contributed by atoms with Gasteiger partial charge >= 0.3 is 0 Å². The molecule has 0 radical (unpaired) electrons. The average Bonchev–Trinajstić information content (AvgIpc) is 3.55. The van der Waals surface area contributed by atoms with Gasteiger partial charge in [-0.2, -0.15) is 0 Å². The van der Waals surface area contributed by atoms with Crippen LogP contribution in [0.25, 0.3) is 10.9 Å². The van der Waals surface area contributed by atoms with Gasteiger partial charge in [0, 0.05) is 54.5 Å². The van der Waals surface area contributed by atoms with E-state index in [0.29, 0.717) is 0 Å². The molecule has 5 heteroatoms. The molecule has 0 saturated carbocycles. The van der Waals surface area contributed by atoms with Gasteiger partial charge < -0.3 is 14.8 Å². The number of carbonyl (C=O) groups is 1. The number of likely N-dealkylation sites (tertiary alicyclic amines) is 1. The van der Waals surface area contributed by atoms with Gasteiger partial charge in [-0.15, -0.1) is 0 Å². The second-order valence-corrected chi connectivity index (χ2v) is 10.5. The molecule has 36 heavy (non-hydrogen) atoms. The fraction of sp³-hybridized carbons (Fsp3) is 0.323. The van der Waals surface area contributed by atoms with Crippen molar-refractivity contribution < 1.29 is 4.79 Å². The van der Waals surface area contributed by atoms with Crippen molar-refractivity contribution in [2.45, 2.75) is 30.8 Å². The van der Waals surface area contributed by atoms with Gasteiger partial charge in [0.25, 0.3) is 0 Å². The van der Waals surface area contributed by atoms with Gasteiger partial charge in [0.15, 0.2) is 0 Å². The minimum Gasteiger partial charge on any atom is -0.366 e. The van der Waals surface area contributed by atoms with Crippen LogP contribution in [-0.4, -0.2) is 54.4 Å². The SMILES string of the molecule is CN(C)C1(c2ccccc2)CCN(C(=O)C2CN(Cc3cccc4[nH]ccc34)c3ccccc32)CC1. The van der Waals surface area contributed by atoms with Gasteiger partial charge in [-0.05, 0) is 61.8 Å². The molecule has 1 amide bonds. The number of carbonyl (C=O) groups excluding carboxylic acids is 1. The average molecular weight is 479 g/mol. The number of benzene rings is 3. The summed E-state index contributed by atoms with van der Waals surface area (Å²) in [7, 11) is 4.33. The van der Waals surface area contributed by atoms with Gasteiger partial charge in [0.05, 0.1) is 5.92 Å². The van der Waals surface area contributed by atoms with E-state index < -0.39 is 0 Å². The zero-order valence-electron chi connectivity index (χ0n) is 21.2. The Hall–Kier alpha value is -3.57. The topological polar surface area (TPSA) is 42.6 Å². The first-order chi connectivity index (χ1) is 17.6. The molecule has 6 rings (SSSR count). The minimum absolute atomic E-state index is 0.0209. The van der Waals surface area contributed by atoms with Crippen LogP contribution in [0.1, 0.15) is 35.4 Å². The standard InChI is InChI=1S/C31H34N4O/c1-33(2)31(24-10-4-3-5-11-24)16-19-34(20-17-31)30(36)27-22-35(29-14-7-6-12-26(27)29)21-23-9-8-13-28-25(23)15-18-32-28/h3-15,18,27,32H,16-17,19-22H2,1-2H3. The molecule has 1 unspecified atom stereocenters. The summed E-state index contributed by atoms with van der Waals surface area (Å²) in [5.41, 5.74) is 6.12. The van der Waals surface area contributed by atoms with Gasteiger partial charge in [0.2, 0.25) is 5.91 Å². The van der Waals surface area contributed by atoms with E-state index >= 15 is 0 Å². The Labute approximate surface area is 213 Å². The number of hydrogen-bond acceptors (Lipinski definition) is 3. The maximum Gasteiger partial charge on any atom is 0.231 e. The summed E-state index contributed by atoms with van der Waals surface area (Å²) < 4.78 is 0. The largest absolute Gasteiger partial charge is 0.366 e. The Bertz CT molecular complexity index is 1370. The molecule has 1 N–H and O–H groups in total. The van der Waals surface area contributed by atoms with E-state index in [-0.39, 0.29) is 17.4 Å². The van der Waals surface area contributed by atoms with E-state index in [1.165, 1.54) is 22.2 Å². The highest BCUT2D eigenvalue weighted by Gasteiger charge is 2.42. The van der Waals surface area contributed by atoms with Gasteiger partial charge in [-0.3, -0.25) is 9.69 Å². The van der Waals surface area contributed by atoms with Crippen molar-refractivity contribution in [3.05, 3.63) is 102 Å². The molecular formula is C31H34N4O. The Morgan fingerprint density at radius 1 is 0.944 bits per heavy atom. The highest BCUT2D eigenvalue weighted by molar-refractivity contribution is 5.89. The van der Waals surface area contributed by atoms with Crippen LogP contribution in [0, 0.1) is 0 Å². The fourth-order valence-electron chi connectivity index (χ4n) is 6.40. The predicted molar refractivity (Wildman–Crippen MR) is 146 cm³/mol. The Morgan fingerprint density at radius 2 is 1.69 bits per heavy atom. The predicted octanol–water partition coefficient (Wildman–Crippen LogP) is 5.35. The van der Waals surface area contributed by atoms with E-state index in [9.17, 15) is 4.79 Å². The normalized spacial score (nSPS) is 19.1. The lowest BCUT2D eigenvalue weighted by Crippen LogP contribution is -2.52. The van der Waals surface area contributed by atoms with Gasteiger partial charge in [-0.1, -0.05) is 60.7 Å². The van der Waals surface area contributed by atoms with Crippen molar-refractivity contribution in [3.63, 3.8) is 0 Å². The zero-order valence-corrected chi connectivity index (χ0v) is 21.2. The Kier molecular flexibility index (Phi) is 5.81. The number of nitrogens with zero attached hydrogens (tertiary/aromatic N) is 3. The smallest absolute Gasteiger partial charge is 0.231 e. The first-order valence-electron chi connectivity index (χ1n) is 13.0. The molecule has 3 heterocycles. The molecule has 1 saturated heterocycles. The van der Waals surface area contributed by atoms with Crippen molar-refractivity contribution in [2.75, 3.05) is 38.6 Å². The molecule has 3 aromatic carbocycles. The molecule has 4 aromatic rings. The summed E-state index contributed by atoms with van der Waals surface area (Å²) in [6.07, 6.45) is 3.89. The van der Waals surface area contributed by atoms with Crippen LogP contribution in [0.2, 0.25) is 0 Å². The van der Waals surface area contributed by atoms with Crippen LogP contribution in [0.5, 0.6) is 0 Å². The first-order valence-corrected chi connectivity index (χ1v) is 13.0. The summed E-state index contributed by atoms with van der Waals surface area (Å²) in [5.74, 6) is 0.153. The monoisotopic (exact) mass is 478 g/mol. The van der Waals surface area contributed by atoms with Crippen LogP contribution in [-0.2, 0) is 16.9 Å². The number of para-hydroxylation sites is 1. The van der Waals surface area contributed by atoms with Crippen molar-refractivity contribution in [1.82, 2.24) is 14.8 Å². The molecule has 0 spiro atoms. The van der Waals surface area contributed by atoms with Crippen molar-refractivity contribution >= 4 is 22.5 Å². The number of piperidine rings is 1. The molecule has 2 aliphatic rings. The summed E-state index contributed by atoms with van der Waals surface area (Å²) in [5, 5.41) is 1.25. The molecular weight excluding hydrogens is 444 g/mol. The quantitative estimate of drug-likeness (QED) is 0.420. The summed E-state index contributed by atoms with van der Waals surface area (Å²) in [4.78, 5) is 24.1. The number of aromatic amines is 1. The Balaban J connectivity index is 1.22. The highest BCUT2D eigenvalue weighted by Crippen LogP contribution is 2.41. The van der Waals surface area contributed by atoms with Gasteiger partial charge in [-0.25, -0.2) is 0 Å². The van der Waals surface area contributed by atoms with E-state index in [2.05, 4.69) is 113 Å². The second-order valence-electron chi connectivity index (χ2n) is 10.5. The van der Waals surface area contributed by atoms with Crippen LogP contribution in [0.15, 0.2) is 85.1 Å². The number of aromatic nitrogens is 1. The molecule has 0 bridgehead atoms. The molecule has 1 atom stereocenters. The summed E-state index contributed by atoms with van der Waals surface area (Å²) >= 11 is 0. The van der Waals surface area contributed by atoms with Gasteiger partial charge in [0.1, 0.15) is 0 Å².